The summed E-state index contributed by atoms with van der Waals surface area (Å²) < 4.78 is 0. The molecular weight excluding hydrogens is 240 g/mol. The largest absolute Gasteiger partial charge is 0.508 e. The third-order valence-corrected chi connectivity index (χ3v) is 3.82. The smallest absolute Gasteiger partial charge is 0.224 e. The van der Waals surface area contributed by atoms with E-state index in [1.165, 1.54) is 0 Å². The highest BCUT2D eigenvalue weighted by atomic mass is 16.3. The molecule has 2 rings (SSSR count). The Labute approximate surface area is 114 Å². The number of amides is 1. The summed E-state index contributed by atoms with van der Waals surface area (Å²) in [6.07, 6.45) is 1.39. The van der Waals surface area contributed by atoms with E-state index >= 15 is 0 Å². The monoisotopic (exact) mass is 262 g/mol. The molecule has 104 valence electrons. The molecule has 1 aromatic carbocycles. The van der Waals surface area contributed by atoms with E-state index in [1.54, 1.807) is 18.2 Å². The second-order valence-corrected chi connectivity index (χ2v) is 5.45. The Morgan fingerprint density at radius 2 is 2.26 bits per heavy atom. The molecule has 1 saturated heterocycles. The second-order valence-electron chi connectivity index (χ2n) is 5.45. The molecule has 3 unspecified atom stereocenters. The summed E-state index contributed by atoms with van der Waals surface area (Å²) >= 11 is 0. The Balaban J connectivity index is 1.93. The maximum Gasteiger partial charge on any atom is 0.224 e. The maximum atomic E-state index is 12.1. The van der Waals surface area contributed by atoms with Crippen LogP contribution in [0, 0.1) is 5.92 Å². The van der Waals surface area contributed by atoms with Gasteiger partial charge in [-0.15, -0.1) is 0 Å². The summed E-state index contributed by atoms with van der Waals surface area (Å²) in [7, 11) is 0. The molecule has 3 atom stereocenters. The Morgan fingerprint density at radius 3 is 2.95 bits per heavy atom. The third kappa shape index (κ3) is 3.70. The van der Waals surface area contributed by atoms with Crippen LogP contribution in [0.2, 0.25) is 0 Å². The lowest BCUT2D eigenvalue weighted by Crippen LogP contribution is -2.56. The fraction of sp³-hybridized carbons (Fsp3) is 0.533. The van der Waals surface area contributed by atoms with Crippen LogP contribution >= 0.6 is 0 Å². The maximum absolute atomic E-state index is 12.1. The van der Waals surface area contributed by atoms with Crippen molar-refractivity contribution in [2.75, 3.05) is 6.54 Å². The van der Waals surface area contributed by atoms with Crippen LogP contribution in [-0.4, -0.2) is 29.6 Å². The lowest BCUT2D eigenvalue weighted by molar-refractivity contribution is -0.121. The van der Waals surface area contributed by atoms with Crippen molar-refractivity contribution < 1.29 is 9.90 Å². The second kappa shape index (κ2) is 6.06. The Hall–Kier alpha value is -1.55. The highest BCUT2D eigenvalue weighted by Crippen LogP contribution is 2.17. The van der Waals surface area contributed by atoms with Crippen LogP contribution in [-0.2, 0) is 11.2 Å². The van der Waals surface area contributed by atoms with Gasteiger partial charge < -0.3 is 15.7 Å². The van der Waals surface area contributed by atoms with Crippen molar-refractivity contribution in [3.05, 3.63) is 29.8 Å². The molecule has 1 aliphatic heterocycles. The molecule has 1 heterocycles. The number of piperidine rings is 1. The van der Waals surface area contributed by atoms with Crippen molar-refractivity contribution in [1.29, 1.82) is 0 Å². The summed E-state index contributed by atoms with van der Waals surface area (Å²) in [5.74, 6) is 0.703. The Bertz CT molecular complexity index is 438. The van der Waals surface area contributed by atoms with Crippen molar-refractivity contribution in [3.63, 3.8) is 0 Å². The number of phenols is 1. The number of hydrogen-bond donors (Lipinski definition) is 3. The molecule has 0 aromatic heterocycles. The molecule has 3 N–H and O–H groups in total. The highest BCUT2D eigenvalue weighted by Gasteiger charge is 2.28. The first-order valence-electron chi connectivity index (χ1n) is 6.87. The van der Waals surface area contributed by atoms with Gasteiger partial charge in [-0.05, 0) is 43.5 Å². The van der Waals surface area contributed by atoms with E-state index in [2.05, 4.69) is 24.5 Å². The van der Waals surface area contributed by atoms with E-state index in [4.69, 9.17) is 0 Å². The van der Waals surface area contributed by atoms with Gasteiger partial charge in [0.2, 0.25) is 5.91 Å². The first-order chi connectivity index (χ1) is 9.06. The molecule has 1 aromatic rings. The molecule has 1 fully saturated rings. The summed E-state index contributed by atoms with van der Waals surface area (Å²) in [5.41, 5.74) is 0.835. The zero-order valence-corrected chi connectivity index (χ0v) is 11.5. The fourth-order valence-corrected chi connectivity index (χ4v) is 2.69. The van der Waals surface area contributed by atoms with Crippen LogP contribution in [0.5, 0.6) is 5.75 Å². The zero-order valence-electron chi connectivity index (χ0n) is 11.5. The average molecular weight is 262 g/mol. The predicted octanol–water partition coefficient (Wildman–Crippen LogP) is 1.44. The minimum Gasteiger partial charge on any atom is -0.508 e. The van der Waals surface area contributed by atoms with E-state index in [9.17, 15) is 9.90 Å². The molecule has 0 aliphatic carbocycles. The van der Waals surface area contributed by atoms with Crippen LogP contribution in [0.15, 0.2) is 24.3 Å². The lowest BCUT2D eigenvalue weighted by atomic mass is 9.89. The fourth-order valence-electron chi connectivity index (χ4n) is 2.69. The van der Waals surface area contributed by atoms with E-state index in [0.29, 0.717) is 18.4 Å². The third-order valence-electron chi connectivity index (χ3n) is 3.82. The van der Waals surface area contributed by atoms with Crippen LogP contribution in [0.1, 0.15) is 25.8 Å². The summed E-state index contributed by atoms with van der Waals surface area (Å²) in [6, 6.07) is 7.33. The van der Waals surface area contributed by atoms with Gasteiger partial charge in [0.1, 0.15) is 5.75 Å². The molecule has 4 nitrogen and oxygen atoms in total. The van der Waals surface area contributed by atoms with Crippen LogP contribution in [0.25, 0.3) is 0 Å². The van der Waals surface area contributed by atoms with E-state index in [1.807, 2.05) is 6.07 Å². The SMILES string of the molecule is CC1CCNC(C)C1NC(=O)Cc1cccc(O)c1. The minimum absolute atomic E-state index is 0.0120. The summed E-state index contributed by atoms with van der Waals surface area (Å²) in [6.45, 7) is 5.30. The number of benzene rings is 1. The minimum atomic E-state index is 0.0120. The number of nitrogens with one attached hydrogen (secondary N) is 2. The van der Waals surface area contributed by atoms with Gasteiger partial charge in [0.15, 0.2) is 0 Å². The van der Waals surface area contributed by atoms with Gasteiger partial charge in [0.05, 0.1) is 6.42 Å². The number of hydrogen-bond acceptors (Lipinski definition) is 3. The number of phenolic OH excluding ortho intramolecular Hbond substituents is 1. The van der Waals surface area contributed by atoms with Crippen molar-refractivity contribution >= 4 is 5.91 Å². The standard InChI is InChI=1S/C15H22N2O2/c1-10-6-7-16-11(2)15(10)17-14(19)9-12-4-3-5-13(18)8-12/h3-5,8,10-11,15-16,18H,6-7,9H2,1-2H3,(H,17,19). The molecule has 1 aliphatic rings. The first-order valence-corrected chi connectivity index (χ1v) is 6.87. The van der Waals surface area contributed by atoms with Gasteiger partial charge in [-0.2, -0.15) is 0 Å². The van der Waals surface area contributed by atoms with Gasteiger partial charge in [0, 0.05) is 12.1 Å². The Kier molecular flexibility index (Phi) is 4.43. The summed E-state index contributed by atoms with van der Waals surface area (Å²) in [4.78, 5) is 12.1. The normalized spacial score (nSPS) is 26.9. The quantitative estimate of drug-likeness (QED) is 0.772. The molecule has 1 amide bonds. The molecule has 4 heteroatoms. The van der Waals surface area contributed by atoms with Crippen molar-refractivity contribution in [3.8, 4) is 5.75 Å². The van der Waals surface area contributed by atoms with Gasteiger partial charge in [-0.1, -0.05) is 19.1 Å². The van der Waals surface area contributed by atoms with Crippen LogP contribution in [0.3, 0.4) is 0 Å². The highest BCUT2D eigenvalue weighted by molar-refractivity contribution is 5.79. The topological polar surface area (TPSA) is 61.4 Å². The van der Waals surface area contributed by atoms with E-state index < -0.39 is 0 Å². The first kappa shape index (κ1) is 13.9. The lowest BCUT2D eigenvalue weighted by Gasteiger charge is -2.36. The number of aromatic hydroxyl groups is 1. The van der Waals surface area contributed by atoms with Crippen molar-refractivity contribution in [2.24, 2.45) is 5.92 Å². The molecule has 0 radical (unpaired) electrons. The van der Waals surface area contributed by atoms with Gasteiger partial charge in [-0.25, -0.2) is 0 Å². The zero-order chi connectivity index (χ0) is 13.8. The summed E-state index contributed by atoms with van der Waals surface area (Å²) in [5, 5.41) is 15.9. The molecule has 0 spiro atoms. The van der Waals surface area contributed by atoms with E-state index in [0.717, 1.165) is 18.5 Å². The molecule has 0 bridgehead atoms. The van der Waals surface area contributed by atoms with Gasteiger partial charge in [0.25, 0.3) is 0 Å². The number of carbonyl (C=O) groups excluding carboxylic acids is 1. The van der Waals surface area contributed by atoms with E-state index in [-0.39, 0.29) is 17.7 Å². The number of rotatable bonds is 3. The molecule has 19 heavy (non-hydrogen) atoms. The molecule has 0 saturated carbocycles. The van der Waals surface area contributed by atoms with Gasteiger partial charge >= 0.3 is 0 Å². The van der Waals surface area contributed by atoms with Crippen LogP contribution in [0.4, 0.5) is 0 Å². The van der Waals surface area contributed by atoms with Crippen LogP contribution < -0.4 is 10.6 Å². The average Bonchev–Trinajstić information content (AvgIpc) is 2.34. The Morgan fingerprint density at radius 1 is 1.47 bits per heavy atom. The van der Waals surface area contributed by atoms with Gasteiger partial charge in [-0.3, -0.25) is 4.79 Å². The number of carbonyl (C=O) groups is 1. The van der Waals surface area contributed by atoms with Crippen molar-refractivity contribution in [2.45, 2.75) is 38.8 Å². The van der Waals surface area contributed by atoms with Crippen molar-refractivity contribution in [1.82, 2.24) is 10.6 Å². The molecular formula is C15H22N2O2. The predicted molar refractivity (Wildman–Crippen MR) is 75.0 cm³/mol.